The van der Waals surface area contributed by atoms with Gasteiger partial charge in [0.2, 0.25) is 0 Å². The third kappa shape index (κ3) is 4.19. The van der Waals surface area contributed by atoms with Crippen LogP contribution < -0.4 is 10.5 Å². The molecule has 0 aliphatic carbocycles. The lowest BCUT2D eigenvalue weighted by Crippen LogP contribution is -2.40. The Morgan fingerprint density at radius 2 is 1.97 bits per heavy atom. The first-order chi connectivity index (χ1) is 14.8. The molecule has 0 saturated carbocycles. The van der Waals surface area contributed by atoms with E-state index in [-0.39, 0.29) is 11.5 Å². The van der Waals surface area contributed by atoms with Crippen LogP contribution in [0.15, 0.2) is 40.7 Å². The molecule has 0 unspecified atom stereocenters. The van der Waals surface area contributed by atoms with E-state index in [1.54, 1.807) is 22.7 Å². The van der Waals surface area contributed by atoms with Gasteiger partial charge in [-0.1, -0.05) is 50.0 Å². The van der Waals surface area contributed by atoms with Gasteiger partial charge in [-0.25, -0.2) is 4.98 Å². The number of rotatable bonds is 4. The summed E-state index contributed by atoms with van der Waals surface area (Å²) in [7, 11) is 0. The van der Waals surface area contributed by atoms with E-state index in [0.29, 0.717) is 44.6 Å². The maximum absolute atomic E-state index is 13.6. The lowest BCUT2D eigenvalue weighted by Gasteiger charge is -2.36. The van der Waals surface area contributed by atoms with E-state index in [1.165, 1.54) is 16.7 Å². The van der Waals surface area contributed by atoms with Gasteiger partial charge < -0.3 is 4.90 Å². The topological polar surface area (TPSA) is 57.9 Å². The zero-order valence-corrected chi connectivity index (χ0v) is 19.6. The Bertz CT molecular complexity index is 1160. The Morgan fingerprint density at radius 3 is 2.65 bits per heavy atom. The highest BCUT2D eigenvalue weighted by atomic mass is 32.2. The van der Waals surface area contributed by atoms with Crippen molar-refractivity contribution >= 4 is 51.7 Å². The van der Waals surface area contributed by atoms with Gasteiger partial charge >= 0.3 is 0 Å². The van der Waals surface area contributed by atoms with Crippen molar-refractivity contribution in [2.45, 2.75) is 27.2 Å². The molecule has 2 fully saturated rings. The maximum atomic E-state index is 13.6. The van der Waals surface area contributed by atoms with Crippen LogP contribution in [-0.4, -0.2) is 44.1 Å². The Kier molecular flexibility index (Phi) is 6.03. The van der Waals surface area contributed by atoms with Gasteiger partial charge in [-0.05, 0) is 42.9 Å². The molecule has 162 valence electrons. The fraction of sp³-hybridized carbons (Fsp3) is 0.391. The van der Waals surface area contributed by atoms with Gasteiger partial charge in [0.05, 0.1) is 10.5 Å². The van der Waals surface area contributed by atoms with Crippen LogP contribution in [0.5, 0.6) is 0 Å². The predicted molar refractivity (Wildman–Crippen MR) is 131 cm³/mol. The second-order valence-electron chi connectivity index (χ2n) is 8.52. The third-order valence-electron chi connectivity index (χ3n) is 5.61. The minimum atomic E-state index is -0.199. The molecule has 4 heterocycles. The number of thioether (sulfide) groups is 1. The summed E-state index contributed by atoms with van der Waals surface area (Å²) in [6.07, 6.45) is 6.25. The van der Waals surface area contributed by atoms with Crippen molar-refractivity contribution in [3.8, 4) is 0 Å². The van der Waals surface area contributed by atoms with Gasteiger partial charge in [-0.15, -0.1) is 6.58 Å². The first-order valence-corrected chi connectivity index (χ1v) is 11.6. The van der Waals surface area contributed by atoms with Crippen LogP contribution in [0.3, 0.4) is 0 Å². The average molecular weight is 455 g/mol. The number of carbonyl (C=O) groups is 1. The summed E-state index contributed by atoms with van der Waals surface area (Å²) in [6, 6.07) is 3.82. The van der Waals surface area contributed by atoms with Gasteiger partial charge in [0, 0.05) is 25.8 Å². The first kappa shape index (κ1) is 21.8. The zero-order valence-electron chi connectivity index (χ0n) is 18.0. The number of fused-ring (bicyclic) bond motifs is 1. The van der Waals surface area contributed by atoms with E-state index in [2.05, 4.69) is 25.3 Å². The molecule has 2 aromatic rings. The minimum absolute atomic E-state index is 0.177. The van der Waals surface area contributed by atoms with Gasteiger partial charge in [-0.2, -0.15) is 0 Å². The monoisotopic (exact) mass is 454 g/mol. The van der Waals surface area contributed by atoms with Gasteiger partial charge in [-0.3, -0.25) is 18.9 Å². The molecule has 0 bridgehead atoms. The van der Waals surface area contributed by atoms with Crippen molar-refractivity contribution in [1.82, 2.24) is 14.3 Å². The van der Waals surface area contributed by atoms with Crippen LogP contribution >= 0.6 is 24.0 Å². The highest BCUT2D eigenvalue weighted by Gasteiger charge is 2.33. The van der Waals surface area contributed by atoms with Crippen molar-refractivity contribution in [2.24, 2.45) is 11.8 Å². The number of aryl methyl sites for hydroxylation is 1. The fourth-order valence-corrected chi connectivity index (χ4v) is 5.62. The number of hydrogen-bond acceptors (Lipinski definition) is 6. The highest BCUT2D eigenvalue weighted by molar-refractivity contribution is 8.26. The molecular formula is C23H26N4O2S2. The molecule has 8 heteroatoms. The summed E-state index contributed by atoms with van der Waals surface area (Å²) in [5.74, 6) is 1.44. The molecule has 2 saturated heterocycles. The number of nitrogens with zero attached hydrogens (tertiary/aromatic N) is 4. The van der Waals surface area contributed by atoms with E-state index < -0.39 is 0 Å². The zero-order chi connectivity index (χ0) is 22.3. The largest absolute Gasteiger partial charge is 0.355 e. The molecule has 0 N–H and O–H groups in total. The molecule has 1 amide bonds. The molecule has 4 rings (SSSR count). The number of aromatic nitrogens is 2. The number of carbonyl (C=O) groups excluding carboxylic acids is 1. The van der Waals surface area contributed by atoms with Crippen molar-refractivity contribution in [3.05, 3.63) is 57.4 Å². The Hall–Kier alpha value is -2.45. The van der Waals surface area contributed by atoms with Crippen molar-refractivity contribution in [2.75, 3.05) is 24.5 Å². The summed E-state index contributed by atoms with van der Waals surface area (Å²) >= 11 is 6.58. The SMILES string of the molecule is C=CCN1C(=O)/C(=C/c2c(N3C[C@H](C)C[C@H](C)C3)nc3ccc(C)cn3c2=O)SC1=S. The first-order valence-electron chi connectivity index (χ1n) is 10.4. The summed E-state index contributed by atoms with van der Waals surface area (Å²) < 4.78 is 2.04. The summed E-state index contributed by atoms with van der Waals surface area (Å²) in [4.78, 5) is 35.5. The summed E-state index contributed by atoms with van der Waals surface area (Å²) in [5.41, 5.74) is 1.83. The van der Waals surface area contributed by atoms with Crippen molar-refractivity contribution < 1.29 is 4.79 Å². The number of thiocarbonyl (C=S) groups is 1. The van der Waals surface area contributed by atoms with Crippen LogP contribution in [0.25, 0.3) is 11.7 Å². The summed E-state index contributed by atoms with van der Waals surface area (Å²) in [6.45, 7) is 12.1. The van der Waals surface area contributed by atoms with E-state index in [9.17, 15) is 9.59 Å². The average Bonchev–Trinajstić information content (AvgIpc) is 2.97. The van der Waals surface area contributed by atoms with E-state index in [0.717, 1.165) is 25.1 Å². The lowest BCUT2D eigenvalue weighted by atomic mass is 9.91. The Morgan fingerprint density at radius 1 is 1.26 bits per heavy atom. The predicted octanol–water partition coefficient (Wildman–Crippen LogP) is 3.87. The highest BCUT2D eigenvalue weighted by Crippen LogP contribution is 2.34. The van der Waals surface area contributed by atoms with Crippen LogP contribution in [0.4, 0.5) is 5.82 Å². The molecule has 2 aliphatic heterocycles. The molecule has 2 atom stereocenters. The molecule has 6 nitrogen and oxygen atoms in total. The quantitative estimate of drug-likeness (QED) is 0.397. The number of pyridine rings is 1. The standard InChI is InChI=1S/C23H26N4O2S2/c1-5-8-26-22(29)18(31-23(26)30)10-17-20(25-11-15(3)9-16(4)12-25)24-19-7-6-14(2)13-27(19)21(17)28/h5-7,10,13,15-16H,1,8-9,11-12H2,2-4H3/b18-10-/t15-,16+. The van der Waals surface area contributed by atoms with Crippen molar-refractivity contribution in [3.63, 3.8) is 0 Å². The smallest absolute Gasteiger partial charge is 0.267 e. The van der Waals surface area contributed by atoms with E-state index in [4.69, 9.17) is 17.2 Å². The maximum Gasteiger partial charge on any atom is 0.267 e. The van der Waals surface area contributed by atoms with Gasteiger partial charge in [0.25, 0.3) is 11.5 Å². The molecule has 0 radical (unpaired) electrons. The number of piperidine rings is 1. The van der Waals surface area contributed by atoms with Crippen molar-refractivity contribution in [1.29, 1.82) is 0 Å². The number of amides is 1. The minimum Gasteiger partial charge on any atom is -0.355 e. The number of hydrogen-bond donors (Lipinski definition) is 0. The lowest BCUT2D eigenvalue weighted by molar-refractivity contribution is -0.121. The summed E-state index contributed by atoms with van der Waals surface area (Å²) in [5, 5.41) is 0. The molecule has 0 spiro atoms. The third-order valence-corrected chi connectivity index (χ3v) is 6.99. The fourth-order valence-electron chi connectivity index (χ4n) is 4.37. The number of anilines is 1. The van der Waals surface area contributed by atoms with Crippen LogP contribution in [0, 0.1) is 18.8 Å². The Balaban J connectivity index is 1.89. The molecule has 0 aromatic carbocycles. The van der Waals surface area contributed by atoms with E-state index in [1.807, 2.05) is 19.1 Å². The second kappa shape index (κ2) is 8.59. The molecule has 2 aliphatic rings. The molecule has 2 aromatic heterocycles. The second-order valence-corrected chi connectivity index (χ2v) is 10.2. The van der Waals surface area contributed by atoms with Gasteiger partial charge in [0.1, 0.15) is 15.8 Å². The molecule has 31 heavy (non-hydrogen) atoms. The van der Waals surface area contributed by atoms with Crippen LogP contribution in [-0.2, 0) is 4.79 Å². The van der Waals surface area contributed by atoms with Gasteiger partial charge in [0.15, 0.2) is 0 Å². The normalized spacial score (nSPS) is 23.3. The van der Waals surface area contributed by atoms with E-state index >= 15 is 0 Å². The van der Waals surface area contributed by atoms with Crippen LogP contribution in [0.1, 0.15) is 31.4 Å². The Labute approximate surface area is 191 Å². The van der Waals surface area contributed by atoms with Crippen LogP contribution in [0.2, 0.25) is 0 Å². The molecular weight excluding hydrogens is 428 g/mol.